The maximum atomic E-state index is 11.9. The fourth-order valence-electron chi connectivity index (χ4n) is 2.83. The van der Waals surface area contributed by atoms with E-state index in [9.17, 15) is 9.59 Å². The molecule has 0 saturated carbocycles. The van der Waals surface area contributed by atoms with E-state index < -0.39 is 5.41 Å². The summed E-state index contributed by atoms with van der Waals surface area (Å²) in [6.45, 7) is 0. The zero-order valence-electron chi connectivity index (χ0n) is 9.58. The van der Waals surface area contributed by atoms with Crippen molar-refractivity contribution >= 4 is 11.8 Å². The molecule has 1 aromatic carbocycles. The molecule has 1 fully saturated rings. The molecule has 0 bridgehead atoms. The zero-order valence-corrected chi connectivity index (χ0v) is 9.58. The van der Waals surface area contributed by atoms with Crippen LogP contribution in [0, 0.1) is 5.41 Å². The Labute approximate surface area is 99.0 Å². The maximum absolute atomic E-state index is 11.9. The molecule has 1 N–H and O–H groups in total. The van der Waals surface area contributed by atoms with Crippen LogP contribution in [0.1, 0.15) is 17.5 Å². The number of methoxy groups -OCH3 is 1. The lowest BCUT2D eigenvalue weighted by atomic mass is 9.83. The number of carbonyl (C=O) groups is 2. The maximum Gasteiger partial charge on any atom is 0.233 e. The van der Waals surface area contributed by atoms with E-state index in [2.05, 4.69) is 5.32 Å². The highest BCUT2D eigenvalue weighted by Gasteiger charge is 2.50. The fraction of sp³-hybridized carbons (Fsp3) is 0.385. The van der Waals surface area contributed by atoms with E-state index in [0.717, 1.165) is 16.9 Å². The summed E-state index contributed by atoms with van der Waals surface area (Å²) in [5.41, 5.74) is 1.73. The molecule has 1 atom stereocenters. The van der Waals surface area contributed by atoms with Gasteiger partial charge < -0.3 is 4.74 Å². The van der Waals surface area contributed by atoms with Gasteiger partial charge in [-0.15, -0.1) is 0 Å². The molecule has 1 aliphatic carbocycles. The van der Waals surface area contributed by atoms with Crippen LogP contribution in [-0.2, 0) is 22.4 Å². The summed E-state index contributed by atoms with van der Waals surface area (Å²) in [4.78, 5) is 23.2. The Hall–Kier alpha value is -1.84. The normalized spacial score (nSPS) is 26.2. The van der Waals surface area contributed by atoms with Gasteiger partial charge in [-0.1, -0.05) is 6.07 Å². The lowest BCUT2D eigenvalue weighted by Crippen LogP contribution is -2.32. The SMILES string of the molecule is COc1ccc2c(c1)CC1(CC(=O)NC1=O)C2. The van der Waals surface area contributed by atoms with Gasteiger partial charge in [0.15, 0.2) is 0 Å². The van der Waals surface area contributed by atoms with Crippen molar-refractivity contribution in [1.82, 2.24) is 5.32 Å². The van der Waals surface area contributed by atoms with Gasteiger partial charge in [0.25, 0.3) is 0 Å². The van der Waals surface area contributed by atoms with E-state index in [1.165, 1.54) is 0 Å². The molecule has 2 aliphatic rings. The number of hydrogen-bond acceptors (Lipinski definition) is 3. The smallest absolute Gasteiger partial charge is 0.233 e. The summed E-state index contributed by atoms with van der Waals surface area (Å²) < 4.78 is 5.17. The Balaban J connectivity index is 1.97. The second kappa shape index (κ2) is 3.32. The first-order valence-corrected chi connectivity index (χ1v) is 5.63. The van der Waals surface area contributed by atoms with Crippen LogP contribution in [0.25, 0.3) is 0 Å². The largest absolute Gasteiger partial charge is 0.497 e. The first-order valence-electron chi connectivity index (χ1n) is 5.63. The quantitative estimate of drug-likeness (QED) is 0.728. The third-order valence-electron chi connectivity index (χ3n) is 3.70. The molecular weight excluding hydrogens is 218 g/mol. The van der Waals surface area contributed by atoms with Crippen molar-refractivity contribution in [3.8, 4) is 5.75 Å². The number of nitrogens with one attached hydrogen (secondary N) is 1. The lowest BCUT2D eigenvalue weighted by Gasteiger charge is -2.16. The number of rotatable bonds is 1. The van der Waals surface area contributed by atoms with E-state index in [4.69, 9.17) is 4.74 Å². The van der Waals surface area contributed by atoms with E-state index >= 15 is 0 Å². The van der Waals surface area contributed by atoms with Crippen molar-refractivity contribution in [2.45, 2.75) is 19.3 Å². The first-order chi connectivity index (χ1) is 8.13. The molecule has 2 amide bonds. The average molecular weight is 231 g/mol. The van der Waals surface area contributed by atoms with Gasteiger partial charge in [0, 0.05) is 6.42 Å². The van der Waals surface area contributed by atoms with Crippen LogP contribution >= 0.6 is 0 Å². The van der Waals surface area contributed by atoms with Gasteiger partial charge in [-0.2, -0.15) is 0 Å². The Morgan fingerprint density at radius 2 is 1.94 bits per heavy atom. The van der Waals surface area contributed by atoms with Crippen LogP contribution in [0.5, 0.6) is 5.75 Å². The van der Waals surface area contributed by atoms with Crippen LogP contribution in [0.3, 0.4) is 0 Å². The Kier molecular flexibility index (Phi) is 2.02. The minimum absolute atomic E-state index is 0.127. The van der Waals surface area contributed by atoms with Gasteiger partial charge in [0.05, 0.1) is 12.5 Å². The fourth-order valence-corrected chi connectivity index (χ4v) is 2.83. The molecule has 17 heavy (non-hydrogen) atoms. The van der Waals surface area contributed by atoms with E-state index in [0.29, 0.717) is 19.3 Å². The number of carbonyl (C=O) groups excluding carboxylic acids is 2. The predicted molar refractivity (Wildman–Crippen MR) is 60.6 cm³/mol. The van der Waals surface area contributed by atoms with E-state index in [1.54, 1.807) is 7.11 Å². The first kappa shape index (κ1) is 10.3. The second-order valence-corrected chi connectivity index (χ2v) is 4.82. The third-order valence-corrected chi connectivity index (χ3v) is 3.70. The monoisotopic (exact) mass is 231 g/mol. The van der Waals surface area contributed by atoms with Crippen molar-refractivity contribution in [1.29, 1.82) is 0 Å². The van der Waals surface area contributed by atoms with Crippen LogP contribution in [0.4, 0.5) is 0 Å². The number of amides is 2. The summed E-state index contributed by atoms with van der Waals surface area (Å²) in [5.74, 6) is 0.512. The predicted octanol–water partition coefficient (Wildman–Crippen LogP) is 0.827. The Morgan fingerprint density at radius 3 is 2.59 bits per heavy atom. The van der Waals surface area contributed by atoms with Crippen LogP contribution in [-0.4, -0.2) is 18.9 Å². The molecule has 1 heterocycles. The van der Waals surface area contributed by atoms with Gasteiger partial charge in [0.1, 0.15) is 5.75 Å². The van der Waals surface area contributed by atoms with Crippen molar-refractivity contribution in [2.24, 2.45) is 5.41 Å². The van der Waals surface area contributed by atoms with Crippen molar-refractivity contribution in [3.63, 3.8) is 0 Å². The summed E-state index contributed by atoms with van der Waals surface area (Å²) in [6.07, 6.45) is 1.60. The number of imide groups is 1. The highest BCUT2D eigenvalue weighted by atomic mass is 16.5. The Morgan fingerprint density at radius 1 is 1.18 bits per heavy atom. The van der Waals surface area contributed by atoms with Crippen molar-refractivity contribution < 1.29 is 14.3 Å². The molecule has 1 aromatic rings. The lowest BCUT2D eigenvalue weighted by molar-refractivity contribution is -0.128. The number of ether oxygens (including phenoxy) is 1. The molecule has 3 rings (SSSR count). The van der Waals surface area contributed by atoms with Crippen LogP contribution in [0.2, 0.25) is 0 Å². The van der Waals surface area contributed by atoms with Crippen molar-refractivity contribution in [3.05, 3.63) is 29.3 Å². The molecule has 0 aromatic heterocycles. The minimum Gasteiger partial charge on any atom is -0.497 e. The van der Waals surface area contributed by atoms with Gasteiger partial charge in [-0.25, -0.2) is 0 Å². The second-order valence-electron chi connectivity index (χ2n) is 4.82. The van der Waals surface area contributed by atoms with Crippen molar-refractivity contribution in [2.75, 3.05) is 7.11 Å². The molecular formula is C13H13NO3. The summed E-state index contributed by atoms with van der Waals surface area (Å²) >= 11 is 0. The zero-order chi connectivity index (χ0) is 12.0. The number of hydrogen-bond donors (Lipinski definition) is 1. The molecule has 1 spiro atoms. The number of benzene rings is 1. The van der Waals surface area contributed by atoms with Gasteiger partial charge in [-0.3, -0.25) is 14.9 Å². The molecule has 88 valence electrons. The highest BCUT2D eigenvalue weighted by Crippen LogP contribution is 2.43. The van der Waals surface area contributed by atoms with E-state index in [-0.39, 0.29) is 11.8 Å². The van der Waals surface area contributed by atoms with Gasteiger partial charge in [-0.05, 0) is 36.1 Å². The molecule has 1 saturated heterocycles. The minimum atomic E-state index is -0.536. The molecule has 0 radical (unpaired) electrons. The standard InChI is InChI=1S/C13H13NO3/c1-17-10-3-2-8-5-13(6-9(8)4-10)7-11(15)14-12(13)16/h2-4H,5-7H2,1H3,(H,14,15,16). The molecule has 1 aliphatic heterocycles. The highest BCUT2D eigenvalue weighted by molar-refractivity contribution is 6.06. The summed E-state index contributed by atoms with van der Waals surface area (Å²) in [7, 11) is 1.62. The number of fused-ring (bicyclic) bond motifs is 1. The topological polar surface area (TPSA) is 55.4 Å². The van der Waals surface area contributed by atoms with Gasteiger partial charge in [0.2, 0.25) is 11.8 Å². The average Bonchev–Trinajstić information content (AvgIpc) is 2.78. The molecule has 4 heteroatoms. The van der Waals surface area contributed by atoms with Crippen LogP contribution < -0.4 is 10.1 Å². The third kappa shape index (κ3) is 1.44. The van der Waals surface area contributed by atoms with E-state index in [1.807, 2.05) is 18.2 Å². The molecule has 4 nitrogen and oxygen atoms in total. The van der Waals surface area contributed by atoms with Gasteiger partial charge >= 0.3 is 0 Å². The summed E-state index contributed by atoms with van der Waals surface area (Å²) in [5, 5.41) is 2.40. The molecule has 1 unspecified atom stereocenters. The summed E-state index contributed by atoms with van der Waals surface area (Å²) in [6, 6.07) is 5.84. The Bertz CT molecular complexity index is 523. The van der Waals surface area contributed by atoms with Crippen LogP contribution in [0.15, 0.2) is 18.2 Å².